The lowest BCUT2D eigenvalue weighted by molar-refractivity contribution is 0.113. The van der Waals surface area contributed by atoms with E-state index in [-0.39, 0.29) is 0 Å². The molecule has 0 aliphatic heterocycles. The standard InChI is InChI=1S/C13H20O/c1-5-6-7-10-13(4,14)11-8-9-12(2)3/h5,9,14H,1,6,8,11H2,2-4H3. The Balaban J connectivity index is 4.02. The fraction of sp³-hybridized carbons (Fsp3) is 0.538. The first-order chi connectivity index (χ1) is 6.48. The molecular weight excluding hydrogens is 172 g/mol. The van der Waals surface area contributed by atoms with E-state index in [0.717, 1.165) is 6.42 Å². The van der Waals surface area contributed by atoms with E-state index < -0.39 is 5.60 Å². The summed E-state index contributed by atoms with van der Waals surface area (Å²) < 4.78 is 0. The Morgan fingerprint density at radius 2 is 2.14 bits per heavy atom. The average Bonchev–Trinajstić information content (AvgIpc) is 2.03. The average molecular weight is 192 g/mol. The summed E-state index contributed by atoms with van der Waals surface area (Å²) in [6.07, 6.45) is 6.04. The van der Waals surface area contributed by atoms with Crippen LogP contribution < -0.4 is 0 Å². The van der Waals surface area contributed by atoms with Crippen molar-refractivity contribution in [2.24, 2.45) is 0 Å². The van der Waals surface area contributed by atoms with Crippen molar-refractivity contribution in [3.63, 3.8) is 0 Å². The number of hydrogen-bond donors (Lipinski definition) is 1. The van der Waals surface area contributed by atoms with Crippen LogP contribution in [0.15, 0.2) is 24.3 Å². The molecule has 0 radical (unpaired) electrons. The van der Waals surface area contributed by atoms with E-state index in [4.69, 9.17) is 0 Å². The van der Waals surface area contributed by atoms with Crippen LogP contribution in [0.2, 0.25) is 0 Å². The van der Waals surface area contributed by atoms with Crippen LogP contribution in [-0.2, 0) is 0 Å². The molecule has 0 spiro atoms. The highest BCUT2D eigenvalue weighted by atomic mass is 16.3. The molecule has 0 aromatic heterocycles. The number of rotatable bonds is 4. The van der Waals surface area contributed by atoms with Crippen molar-refractivity contribution in [2.45, 2.75) is 45.6 Å². The van der Waals surface area contributed by atoms with Gasteiger partial charge in [0.05, 0.1) is 0 Å². The predicted molar refractivity (Wildman–Crippen MR) is 61.9 cm³/mol. The highest BCUT2D eigenvalue weighted by Gasteiger charge is 2.14. The molecule has 1 atom stereocenters. The Morgan fingerprint density at radius 3 is 2.64 bits per heavy atom. The van der Waals surface area contributed by atoms with Gasteiger partial charge in [0.2, 0.25) is 0 Å². The topological polar surface area (TPSA) is 20.2 Å². The quantitative estimate of drug-likeness (QED) is 0.536. The molecule has 1 N–H and O–H groups in total. The molecule has 0 amide bonds. The molecule has 0 rings (SSSR count). The molecule has 0 fully saturated rings. The van der Waals surface area contributed by atoms with Crippen LogP contribution in [0.25, 0.3) is 0 Å². The zero-order valence-corrected chi connectivity index (χ0v) is 9.43. The van der Waals surface area contributed by atoms with Crippen molar-refractivity contribution in [3.8, 4) is 11.8 Å². The SMILES string of the molecule is C=CCC#CC(C)(O)CCC=C(C)C. The molecule has 0 aromatic carbocycles. The summed E-state index contributed by atoms with van der Waals surface area (Å²) in [6.45, 7) is 9.43. The Morgan fingerprint density at radius 1 is 1.50 bits per heavy atom. The maximum atomic E-state index is 9.82. The largest absolute Gasteiger partial charge is 0.378 e. The Bertz CT molecular complexity index is 257. The van der Waals surface area contributed by atoms with Crippen LogP contribution in [0.1, 0.15) is 40.0 Å². The number of hydrogen-bond acceptors (Lipinski definition) is 1. The van der Waals surface area contributed by atoms with Crippen LogP contribution in [0.4, 0.5) is 0 Å². The van der Waals surface area contributed by atoms with Gasteiger partial charge in [0.15, 0.2) is 0 Å². The number of aliphatic hydroxyl groups is 1. The van der Waals surface area contributed by atoms with Crippen LogP contribution in [-0.4, -0.2) is 10.7 Å². The van der Waals surface area contributed by atoms with E-state index in [9.17, 15) is 5.11 Å². The molecule has 1 unspecified atom stereocenters. The number of allylic oxidation sites excluding steroid dienone is 3. The zero-order valence-electron chi connectivity index (χ0n) is 9.43. The van der Waals surface area contributed by atoms with Gasteiger partial charge in [-0.05, 0) is 33.6 Å². The van der Waals surface area contributed by atoms with Crippen molar-refractivity contribution in [1.82, 2.24) is 0 Å². The van der Waals surface area contributed by atoms with Gasteiger partial charge in [0.25, 0.3) is 0 Å². The lowest BCUT2D eigenvalue weighted by Gasteiger charge is -2.14. The Hall–Kier alpha value is -1.00. The molecule has 0 aromatic rings. The molecule has 0 saturated carbocycles. The first-order valence-corrected chi connectivity index (χ1v) is 4.94. The van der Waals surface area contributed by atoms with Crippen molar-refractivity contribution in [3.05, 3.63) is 24.3 Å². The van der Waals surface area contributed by atoms with E-state index in [0.29, 0.717) is 12.8 Å². The first-order valence-electron chi connectivity index (χ1n) is 4.94. The summed E-state index contributed by atoms with van der Waals surface area (Å²) >= 11 is 0. The Kier molecular flexibility index (Phi) is 5.99. The van der Waals surface area contributed by atoms with E-state index in [2.05, 4.69) is 38.3 Å². The van der Waals surface area contributed by atoms with E-state index >= 15 is 0 Å². The minimum atomic E-state index is -0.866. The van der Waals surface area contributed by atoms with Gasteiger partial charge in [-0.3, -0.25) is 0 Å². The van der Waals surface area contributed by atoms with Crippen molar-refractivity contribution < 1.29 is 5.11 Å². The summed E-state index contributed by atoms with van der Waals surface area (Å²) in [5, 5.41) is 9.82. The summed E-state index contributed by atoms with van der Waals surface area (Å²) in [7, 11) is 0. The highest BCUT2D eigenvalue weighted by Crippen LogP contribution is 2.12. The molecule has 0 aliphatic carbocycles. The van der Waals surface area contributed by atoms with Crippen LogP contribution in [0.5, 0.6) is 0 Å². The normalized spacial score (nSPS) is 13.4. The maximum Gasteiger partial charge on any atom is 0.123 e. The fourth-order valence-corrected chi connectivity index (χ4v) is 1.02. The van der Waals surface area contributed by atoms with E-state index in [1.807, 2.05) is 0 Å². The van der Waals surface area contributed by atoms with Gasteiger partial charge < -0.3 is 5.11 Å². The minimum Gasteiger partial charge on any atom is -0.378 e. The van der Waals surface area contributed by atoms with Crippen molar-refractivity contribution in [1.29, 1.82) is 0 Å². The smallest absolute Gasteiger partial charge is 0.123 e. The zero-order chi connectivity index (χ0) is 11.0. The molecule has 14 heavy (non-hydrogen) atoms. The second kappa shape index (κ2) is 6.45. The Labute approximate surface area is 87.5 Å². The van der Waals surface area contributed by atoms with Crippen molar-refractivity contribution in [2.75, 3.05) is 0 Å². The van der Waals surface area contributed by atoms with Gasteiger partial charge in [-0.15, -0.1) is 6.58 Å². The predicted octanol–water partition coefficient (Wildman–Crippen LogP) is 3.06. The minimum absolute atomic E-state index is 0.638. The van der Waals surface area contributed by atoms with Crippen LogP contribution >= 0.6 is 0 Å². The molecule has 1 nitrogen and oxygen atoms in total. The summed E-state index contributed by atoms with van der Waals surface area (Å²) in [4.78, 5) is 0. The summed E-state index contributed by atoms with van der Waals surface area (Å²) in [5.41, 5.74) is 0.412. The van der Waals surface area contributed by atoms with Gasteiger partial charge in [-0.25, -0.2) is 0 Å². The maximum absolute atomic E-state index is 9.82. The third-order valence-corrected chi connectivity index (χ3v) is 1.79. The van der Waals surface area contributed by atoms with Gasteiger partial charge in [-0.1, -0.05) is 29.6 Å². The second-order valence-corrected chi connectivity index (χ2v) is 3.89. The van der Waals surface area contributed by atoms with Crippen molar-refractivity contribution >= 4 is 0 Å². The third-order valence-electron chi connectivity index (χ3n) is 1.79. The van der Waals surface area contributed by atoms with E-state index in [1.54, 1.807) is 13.0 Å². The first kappa shape index (κ1) is 13.0. The van der Waals surface area contributed by atoms with Gasteiger partial charge in [0, 0.05) is 6.42 Å². The second-order valence-electron chi connectivity index (χ2n) is 3.89. The highest BCUT2D eigenvalue weighted by molar-refractivity contribution is 5.14. The molecule has 0 aliphatic rings. The van der Waals surface area contributed by atoms with Gasteiger partial charge in [-0.2, -0.15) is 0 Å². The van der Waals surface area contributed by atoms with E-state index in [1.165, 1.54) is 5.57 Å². The summed E-state index contributed by atoms with van der Waals surface area (Å²) in [5.74, 6) is 5.71. The molecule has 0 saturated heterocycles. The molecule has 0 heterocycles. The monoisotopic (exact) mass is 192 g/mol. The van der Waals surface area contributed by atoms with Gasteiger partial charge >= 0.3 is 0 Å². The lowest BCUT2D eigenvalue weighted by atomic mass is 10.00. The van der Waals surface area contributed by atoms with Crippen LogP contribution in [0.3, 0.4) is 0 Å². The lowest BCUT2D eigenvalue weighted by Crippen LogP contribution is -2.20. The third kappa shape index (κ3) is 7.64. The molecule has 78 valence electrons. The molecular formula is C13H20O. The van der Waals surface area contributed by atoms with Gasteiger partial charge in [0.1, 0.15) is 5.60 Å². The summed E-state index contributed by atoms with van der Waals surface area (Å²) in [6, 6.07) is 0. The van der Waals surface area contributed by atoms with Crippen LogP contribution in [0, 0.1) is 11.8 Å². The molecule has 0 bridgehead atoms. The molecule has 1 heteroatoms. The fourth-order valence-electron chi connectivity index (χ4n) is 1.02.